The molecule has 1 heterocycles. The van der Waals surface area contributed by atoms with E-state index in [4.69, 9.17) is 27.9 Å². The summed E-state index contributed by atoms with van der Waals surface area (Å²) in [4.78, 5) is 12.8. The summed E-state index contributed by atoms with van der Waals surface area (Å²) in [5.41, 5.74) is 1.33. The maximum Gasteiger partial charge on any atom is 0.260 e. The van der Waals surface area contributed by atoms with Crippen molar-refractivity contribution in [2.45, 2.75) is 5.50 Å². The summed E-state index contributed by atoms with van der Waals surface area (Å²) in [5.74, 6) is 0.526. The van der Waals surface area contributed by atoms with Crippen molar-refractivity contribution in [1.82, 2.24) is 5.32 Å². The molecular formula is C17H14Cl2N2O2S. The molecule has 1 aliphatic rings. The molecule has 3 rings (SSSR count). The molecule has 1 saturated heterocycles. The minimum absolute atomic E-state index is 0.131. The summed E-state index contributed by atoms with van der Waals surface area (Å²) in [7, 11) is 1.58. The standard InChI is InChI=1S/C17H14Cl2N2O2S/c1-23-14-7-6-12(19)9-13(14)20-17-21-16(22)15(24-17)8-10-2-4-11(18)5-3-10/h2-9,17,20H,1H3,(H,21,22)/b15-8-. The second-order valence-corrected chi connectivity index (χ2v) is 7.04. The van der Waals surface area contributed by atoms with E-state index in [1.807, 2.05) is 18.2 Å². The first kappa shape index (κ1) is 17.0. The number of nitrogens with one attached hydrogen (secondary N) is 2. The smallest absolute Gasteiger partial charge is 0.260 e. The van der Waals surface area contributed by atoms with Crippen LogP contribution in [0, 0.1) is 0 Å². The van der Waals surface area contributed by atoms with Gasteiger partial charge in [-0.2, -0.15) is 0 Å². The summed E-state index contributed by atoms with van der Waals surface area (Å²) in [6.07, 6.45) is 1.83. The quantitative estimate of drug-likeness (QED) is 0.760. The highest BCUT2D eigenvalue weighted by Gasteiger charge is 2.27. The number of carbonyl (C=O) groups is 1. The zero-order valence-electron chi connectivity index (χ0n) is 12.7. The number of methoxy groups -OCH3 is 1. The van der Waals surface area contributed by atoms with Gasteiger partial charge in [0.15, 0.2) is 5.50 Å². The Kier molecular flexibility index (Phi) is 5.23. The van der Waals surface area contributed by atoms with E-state index in [2.05, 4.69) is 10.6 Å². The predicted octanol–water partition coefficient (Wildman–Crippen LogP) is 4.60. The lowest BCUT2D eigenvalue weighted by atomic mass is 10.2. The van der Waals surface area contributed by atoms with Gasteiger partial charge in [-0.3, -0.25) is 4.79 Å². The Morgan fingerprint density at radius 3 is 2.58 bits per heavy atom. The molecule has 0 radical (unpaired) electrons. The molecule has 0 aliphatic carbocycles. The Labute approximate surface area is 154 Å². The Bertz CT molecular complexity index is 794. The van der Waals surface area contributed by atoms with Crippen molar-refractivity contribution in [3.8, 4) is 5.75 Å². The van der Waals surface area contributed by atoms with Gasteiger partial charge < -0.3 is 15.4 Å². The van der Waals surface area contributed by atoms with Crippen molar-refractivity contribution in [2.24, 2.45) is 0 Å². The molecule has 0 bridgehead atoms. The first-order chi connectivity index (χ1) is 11.5. The highest BCUT2D eigenvalue weighted by atomic mass is 35.5. The van der Waals surface area contributed by atoms with Crippen LogP contribution in [-0.4, -0.2) is 18.5 Å². The Morgan fingerprint density at radius 2 is 1.88 bits per heavy atom. The van der Waals surface area contributed by atoms with Crippen LogP contribution in [0.4, 0.5) is 5.69 Å². The van der Waals surface area contributed by atoms with Gasteiger partial charge in [0.25, 0.3) is 5.91 Å². The Hall–Kier alpha value is -1.82. The van der Waals surface area contributed by atoms with Crippen LogP contribution in [0.2, 0.25) is 10.0 Å². The minimum atomic E-state index is -0.302. The third-order valence-electron chi connectivity index (χ3n) is 3.35. The highest BCUT2D eigenvalue weighted by Crippen LogP contribution is 2.34. The molecule has 2 aromatic rings. The van der Waals surface area contributed by atoms with E-state index in [-0.39, 0.29) is 11.4 Å². The Morgan fingerprint density at radius 1 is 1.17 bits per heavy atom. The molecule has 1 amide bonds. The molecule has 0 aromatic heterocycles. The lowest BCUT2D eigenvalue weighted by molar-refractivity contribution is -0.116. The van der Waals surface area contributed by atoms with Crippen LogP contribution >= 0.6 is 35.0 Å². The molecule has 2 N–H and O–H groups in total. The van der Waals surface area contributed by atoms with Crippen molar-refractivity contribution >= 4 is 52.6 Å². The average Bonchev–Trinajstić information content (AvgIpc) is 2.89. The molecule has 0 saturated carbocycles. The zero-order valence-corrected chi connectivity index (χ0v) is 15.0. The van der Waals surface area contributed by atoms with Crippen molar-refractivity contribution in [3.63, 3.8) is 0 Å². The van der Waals surface area contributed by atoms with E-state index in [1.54, 1.807) is 37.4 Å². The number of thioether (sulfide) groups is 1. The molecule has 0 spiro atoms. The summed E-state index contributed by atoms with van der Waals surface area (Å²) >= 11 is 13.3. The molecule has 1 atom stereocenters. The topological polar surface area (TPSA) is 50.4 Å². The van der Waals surface area contributed by atoms with Gasteiger partial charge in [-0.15, -0.1) is 0 Å². The fourth-order valence-corrected chi connectivity index (χ4v) is 3.48. The fraction of sp³-hybridized carbons (Fsp3) is 0.118. The van der Waals surface area contributed by atoms with Crippen LogP contribution in [0.3, 0.4) is 0 Å². The largest absolute Gasteiger partial charge is 0.495 e. The van der Waals surface area contributed by atoms with Gasteiger partial charge in [0.05, 0.1) is 17.7 Å². The first-order valence-corrected chi connectivity index (χ1v) is 8.73. The number of anilines is 1. The van der Waals surface area contributed by atoms with Crippen LogP contribution in [0.15, 0.2) is 47.4 Å². The van der Waals surface area contributed by atoms with Crippen LogP contribution in [-0.2, 0) is 4.79 Å². The Balaban J connectivity index is 1.75. The van der Waals surface area contributed by atoms with Crippen molar-refractivity contribution in [1.29, 1.82) is 0 Å². The molecule has 1 fully saturated rings. The van der Waals surface area contributed by atoms with Crippen LogP contribution in [0.1, 0.15) is 5.56 Å². The molecular weight excluding hydrogens is 367 g/mol. The fourth-order valence-electron chi connectivity index (χ4n) is 2.21. The average molecular weight is 381 g/mol. The van der Waals surface area contributed by atoms with Gasteiger partial charge in [0.1, 0.15) is 5.75 Å². The minimum Gasteiger partial charge on any atom is -0.495 e. The summed E-state index contributed by atoms with van der Waals surface area (Å²) in [6.45, 7) is 0. The second-order valence-electron chi connectivity index (χ2n) is 5.02. The summed E-state index contributed by atoms with van der Waals surface area (Å²) in [5, 5.41) is 7.34. The van der Waals surface area contributed by atoms with Crippen molar-refractivity contribution < 1.29 is 9.53 Å². The number of halogens is 2. The van der Waals surface area contributed by atoms with Crippen molar-refractivity contribution in [3.05, 3.63) is 63.0 Å². The molecule has 1 aliphatic heterocycles. The monoisotopic (exact) mass is 380 g/mol. The maximum atomic E-state index is 12.1. The van der Waals surface area contributed by atoms with Gasteiger partial charge in [0, 0.05) is 10.0 Å². The first-order valence-electron chi connectivity index (χ1n) is 7.10. The number of amides is 1. The normalized spacial score (nSPS) is 18.5. The summed E-state index contributed by atoms with van der Waals surface area (Å²) in [6, 6.07) is 12.6. The molecule has 7 heteroatoms. The van der Waals surface area contributed by atoms with Gasteiger partial charge in [-0.1, -0.05) is 47.1 Å². The molecule has 4 nitrogen and oxygen atoms in total. The molecule has 24 heavy (non-hydrogen) atoms. The van der Waals surface area contributed by atoms with E-state index >= 15 is 0 Å². The SMILES string of the molecule is COc1ccc(Cl)cc1NC1NC(=O)/C(=C/c2ccc(Cl)cc2)S1. The molecule has 1 unspecified atom stereocenters. The van der Waals surface area contributed by atoms with Crippen molar-refractivity contribution in [2.75, 3.05) is 12.4 Å². The van der Waals surface area contributed by atoms with Crippen LogP contribution in [0.5, 0.6) is 5.75 Å². The van der Waals surface area contributed by atoms with Gasteiger partial charge in [-0.25, -0.2) is 0 Å². The lowest BCUT2D eigenvalue weighted by Crippen LogP contribution is -2.31. The van der Waals surface area contributed by atoms with E-state index in [1.165, 1.54) is 11.8 Å². The third kappa shape index (κ3) is 3.98. The van der Waals surface area contributed by atoms with E-state index in [0.717, 1.165) is 11.3 Å². The molecule has 124 valence electrons. The van der Waals surface area contributed by atoms with Gasteiger partial charge >= 0.3 is 0 Å². The van der Waals surface area contributed by atoms with Crippen LogP contribution in [0.25, 0.3) is 6.08 Å². The van der Waals surface area contributed by atoms with Gasteiger partial charge in [-0.05, 0) is 42.0 Å². The van der Waals surface area contributed by atoms with E-state index < -0.39 is 0 Å². The van der Waals surface area contributed by atoms with Gasteiger partial charge in [0.2, 0.25) is 0 Å². The summed E-state index contributed by atoms with van der Waals surface area (Å²) < 4.78 is 5.30. The van der Waals surface area contributed by atoms with Crippen LogP contribution < -0.4 is 15.4 Å². The second kappa shape index (κ2) is 7.38. The number of hydrogen-bond donors (Lipinski definition) is 2. The van der Waals surface area contributed by atoms with E-state index in [9.17, 15) is 4.79 Å². The number of ether oxygens (including phenoxy) is 1. The number of hydrogen-bond acceptors (Lipinski definition) is 4. The number of benzene rings is 2. The molecule has 2 aromatic carbocycles. The predicted molar refractivity (Wildman–Crippen MR) is 101 cm³/mol. The number of rotatable bonds is 4. The lowest BCUT2D eigenvalue weighted by Gasteiger charge is -2.15. The highest BCUT2D eigenvalue weighted by molar-refractivity contribution is 8.05. The van der Waals surface area contributed by atoms with E-state index in [0.29, 0.717) is 20.7 Å². The third-order valence-corrected chi connectivity index (χ3v) is 4.86. The zero-order chi connectivity index (χ0) is 17.1. The maximum absolute atomic E-state index is 12.1. The number of carbonyl (C=O) groups excluding carboxylic acids is 1.